The molecule has 7 heteroatoms. The maximum absolute atomic E-state index is 13.7. The molecular formula is C18H16ClFN2O2S. The molecule has 0 spiro atoms. The highest BCUT2D eigenvalue weighted by Crippen LogP contribution is 2.21. The number of hydrogen-bond acceptors (Lipinski definition) is 4. The summed E-state index contributed by atoms with van der Waals surface area (Å²) in [5, 5.41) is 21.7. The summed E-state index contributed by atoms with van der Waals surface area (Å²) in [6.45, 7) is 0.324. The number of rotatable bonds is 7. The zero-order valence-corrected chi connectivity index (χ0v) is 14.8. The molecule has 1 amide bonds. The van der Waals surface area contributed by atoms with Crippen LogP contribution >= 0.6 is 23.4 Å². The fourth-order valence-electron chi connectivity index (χ4n) is 2.14. The molecule has 2 N–H and O–H groups in total. The molecule has 2 aromatic rings. The summed E-state index contributed by atoms with van der Waals surface area (Å²) < 4.78 is 13.7. The number of amides is 1. The largest absolute Gasteiger partial charge is 0.378 e. The number of carbonyl (C=O) groups is 1. The first-order valence-electron chi connectivity index (χ1n) is 7.49. The number of aliphatic hydroxyl groups is 1. The summed E-state index contributed by atoms with van der Waals surface area (Å²) in [4.78, 5) is 11.9. The van der Waals surface area contributed by atoms with E-state index in [4.69, 9.17) is 16.9 Å². The van der Waals surface area contributed by atoms with E-state index in [2.05, 4.69) is 11.4 Å². The molecule has 0 fully saturated rings. The van der Waals surface area contributed by atoms with Gasteiger partial charge in [0, 0.05) is 28.6 Å². The lowest BCUT2D eigenvalue weighted by Gasteiger charge is -2.12. The summed E-state index contributed by atoms with van der Waals surface area (Å²) in [6, 6.07) is 13.2. The first-order valence-corrected chi connectivity index (χ1v) is 9.02. The molecule has 0 heterocycles. The maximum atomic E-state index is 13.7. The minimum absolute atomic E-state index is 0.113. The van der Waals surface area contributed by atoms with Crippen molar-refractivity contribution in [2.75, 3.05) is 12.3 Å². The van der Waals surface area contributed by atoms with Gasteiger partial charge in [0.15, 0.2) is 6.10 Å². The van der Waals surface area contributed by atoms with Crippen LogP contribution in [0.2, 0.25) is 5.02 Å². The molecule has 0 aliphatic rings. The molecule has 0 aliphatic heterocycles. The molecule has 0 radical (unpaired) electrons. The highest BCUT2D eigenvalue weighted by Gasteiger charge is 2.20. The van der Waals surface area contributed by atoms with Gasteiger partial charge in [-0.25, -0.2) is 4.39 Å². The average Bonchev–Trinajstić information content (AvgIpc) is 2.61. The van der Waals surface area contributed by atoms with E-state index in [-0.39, 0.29) is 10.6 Å². The Hall–Kier alpha value is -2.07. The summed E-state index contributed by atoms with van der Waals surface area (Å²) in [5.41, 5.74) is 1.45. The van der Waals surface area contributed by atoms with E-state index in [1.54, 1.807) is 17.8 Å². The van der Waals surface area contributed by atoms with Gasteiger partial charge in [-0.1, -0.05) is 35.9 Å². The molecule has 2 aromatic carbocycles. The zero-order chi connectivity index (χ0) is 18.2. The second-order valence-corrected chi connectivity index (χ2v) is 6.72. The summed E-state index contributed by atoms with van der Waals surface area (Å²) in [7, 11) is 0. The summed E-state index contributed by atoms with van der Waals surface area (Å²) in [5.74, 6) is -0.146. The smallest absolute Gasteiger partial charge is 0.253 e. The van der Waals surface area contributed by atoms with Gasteiger partial charge in [0.05, 0.1) is 11.6 Å². The van der Waals surface area contributed by atoms with Gasteiger partial charge < -0.3 is 10.4 Å². The van der Waals surface area contributed by atoms with Gasteiger partial charge in [-0.2, -0.15) is 17.0 Å². The van der Waals surface area contributed by atoms with Gasteiger partial charge in [0.1, 0.15) is 5.82 Å². The molecule has 0 saturated carbocycles. The molecule has 4 nitrogen and oxygen atoms in total. The van der Waals surface area contributed by atoms with Crippen LogP contribution in [0.15, 0.2) is 42.5 Å². The van der Waals surface area contributed by atoms with Crippen molar-refractivity contribution in [1.29, 1.82) is 5.26 Å². The molecular weight excluding hydrogens is 363 g/mol. The molecule has 0 saturated heterocycles. The third kappa shape index (κ3) is 5.46. The Morgan fingerprint density at radius 2 is 2.12 bits per heavy atom. The second kappa shape index (κ2) is 9.42. The Bertz CT molecular complexity index is 795. The Labute approximate surface area is 154 Å². The van der Waals surface area contributed by atoms with Crippen molar-refractivity contribution in [3.8, 4) is 6.07 Å². The molecule has 130 valence electrons. The Balaban J connectivity index is 1.78. The SMILES string of the molecule is N#Cc1ccccc1CSCCNC(=O)[C@@H](O)c1ccc(Cl)cc1F. The highest BCUT2D eigenvalue weighted by molar-refractivity contribution is 7.98. The highest BCUT2D eigenvalue weighted by atomic mass is 35.5. The number of hydrogen-bond donors (Lipinski definition) is 2. The second-order valence-electron chi connectivity index (χ2n) is 5.18. The number of nitrogens with one attached hydrogen (secondary N) is 1. The first-order chi connectivity index (χ1) is 12.0. The summed E-state index contributed by atoms with van der Waals surface area (Å²) in [6.07, 6.45) is -1.58. The van der Waals surface area contributed by atoms with Gasteiger partial charge in [-0.3, -0.25) is 4.79 Å². The van der Waals surface area contributed by atoms with E-state index in [1.165, 1.54) is 12.1 Å². The molecule has 25 heavy (non-hydrogen) atoms. The molecule has 0 aromatic heterocycles. The van der Waals surface area contributed by atoms with Crippen molar-refractivity contribution < 1.29 is 14.3 Å². The van der Waals surface area contributed by atoms with Crippen LogP contribution in [0.25, 0.3) is 0 Å². The average molecular weight is 379 g/mol. The van der Waals surface area contributed by atoms with Crippen molar-refractivity contribution >= 4 is 29.3 Å². The van der Waals surface area contributed by atoms with Crippen LogP contribution in [0.3, 0.4) is 0 Å². The predicted octanol–water partition coefficient (Wildman–Crippen LogP) is 3.43. The van der Waals surface area contributed by atoms with Crippen molar-refractivity contribution in [3.05, 3.63) is 70.0 Å². The molecule has 0 aliphatic carbocycles. The van der Waals surface area contributed by atoms with Crippen LogP contribution < -0.4 is 5.32 Å². The fourth-order valence-corrected chi connectivity index (χ4v) is 3.17. The van der Waals surface area contributed by atoms with E-state index in [0.717, 1.165) is 11.6 Å². The van der Waals surface area contributed by atoms with E-state index in [9.17, 15) is 14.3 Å². The zero-order valence-electron chi connectivity index (χ0n) is 13.2. The number of aliphatic hydroxyl groups excluding tert-OH is 1. The Kier molecular flexibility index (Phi) is 7.26. The lowest BCUT2D eigenvalue weighted by molar-refractivity contribution is -0.129. The minimum atomic E-state index is -1.58. The lowest BCUT2D eigenvalue weighted by atomic mass is 10.1. The summed E-state index contributed by atoms with van der Waals surface area (Å²) >= 11 is 7.20. The molecule has 0 bridgehead atoms. The fraction of sp³-hybridized carbons (Fsp3) is 0.222. The standard InChI is InChI=1S/C18H16ClFN2O2S/c19-14-5-6-15(16(20)9-14)17(23)18(24)22-7-8-25-11-13-4-2-1-3-12(13)10-21/h1-6,9,17,23H,7-8,11H2,(H,22,24)/t17-/m0/s1. The number of nitriles is 1. The third-order valence-corrected chi connectivity index (χ3v) is 4.69. The molecule has 1 atom stereocenters. The van der Waals surface area contributed by atoms with Crippen LogP contribution in [0, 0.1) is 17.1 Å². The van der Waals surface area contributed by atoms with Gasteiger partial charge in [0.25, 0.3) is 5.91 Å². The number of benzene rings is 2. The van der Waals surface area contributed by atoms with Gasteiger partial charge in [-0.15, -0.1) is 0 Å². The van der Waals surface area contributed by atoms with Crippen LogP contribution in [-0.2, 0) is 10.5 Å². The van der Waals surface area contributed by atoms with Gasteiger partial charge in [-0.05, 0) is 23.8 Å². The third-order valence-electron chi connectivity index (χ3n) is 3.45. The normalized spacial score (nSPS) is 11.6. The van der Waals surface area contributed by atoms with Crippen LogP contribution in [0.1, 0.15) is 22.8 Å². The quantitative estimate of drug-likeness (QED) is 0.724. The van der Waals surface area contributed by atoms with Gasteiger partial charge >= 0.3 is 0 Å². The predicted molar refractivity (Wildman–Crippen MR) is 96.7 cm³/mol. The molecule has 2 rings (SSSR count). The van der Waals surface area contributed by atoms with Crippen molar-refractivity contribution in [1.82, 2.24) is 5.32 Å². The van der Waals surface area contributed by atoms with E-state index in [1.807, 2.05) is 18.2 Å². The minimum Gasteiger partial charge on any atom is -0.378 e. The number of thioether (sulfide) groups is 1. The van der Waals surface area contributed by atoms with E-state index < -0.39 is 17.8 Å². The van der Waals surface area contributed by atoms with Crippen molar-refractivity contribution in [2.45, 2.75) is 11.9 Å². The molecule has 0 unspecified atom stereocenters. The topological polar surface area (TPSA) is 73.1 Å². The van der Waals surface area contributed by atoms with Crippen molar-refractivity contribution in [2.24, 2.45) is 0 Å². The number of nitrogens with zero attached hydrogens (tertiary/aromatic N) is 1. The number of halogens is 2. The number of carbonyl (C=O) groups excluding carboxylic acids is 1. The lowest BCUT2D eigenvalue weighted by Crippen LogP contribution is -2.31. The van der Waals surface area contributed by atoms with Crippen LogP contribution in [-0.4, -0.2) is 23.3 Å². The van der Waals surface area contributed by atoms with Crippen molar-refractivity contribution in [3.63, 3.8) is 0 Å². The first kappa shape index (κ1) is 19.3. The monoisotopic (exact) mass is 378 g/mol. The Morgan fingerprint density at radius 1 is 1.36 bits per heavy atom. The Morgan fingerprint density at radius 3 is 2.84 bits per heavy atom. The van der Waals surface area contributed by atoms with Gasteiger partial charge in [0.2, 0.25) is 0 Å². The van der Waals surface area contributed by atoms with E-state index in [0.29, 0.717) is 23.6 Å². The van der Waals surface area contributed by atoms with Crippen LogP contribution in [0.4, 0.5) is 4.39 Å². The maximum Gasteiger partial charge on any atom is 0.253 e. The van der Waals surface area contributed by atoms with Crippen LogP contribution in [0.5, 0.6) is 0 Å². The van der Waals surface area contributed by atoms with E-state index >= 15 is 0 Å².